The standard InChI is InChI=1S/C16H17ClN2O2.C2H6.CH5N/c17-14-3-1-2-13-12(8-18-16(13)14)6-7-15(21)19(10-20)9-11-4-5-11;2*1-2/h1-3,8,10-11,18H,4-7,9H2;1-2H3;2H2,1H3. The largest absolute Gasteiger partial charge is 0.360 e. The second-order valence-corrected chi connectivity index (χ2v) is 5.98. The molecule has 1 aromatic heterocycles. The molecule has 0 atom stereocenters. The SMILES string of the molecule is CC.CN.O=CN(CC1CC1)C(=O)CCc1c[nH]c2c(Cl)cccc12. The number of halogens is 1. The number of imide groups is 1. The van der Waals surface area contributed by atoms with Crippen LogP contribution in [-0.2, 0) is 16.0 Å². The van der Waals surface area contributed by atoms with Crippen molar-refractivity contribution in [1.82, 2.24) is 9.88 Å². The van der Waals surface area contributed by atoms with E-state index >= 15 is 0 Å². The number of carbonyl (C=O) groups excluding carboxylic acids is 2. The van der Waals surface area contributed by atoms with Gasteiger partial charge in [0.15, 0.2) is 0 Å². The molecular weight excluding hydrogens is 338 g/mol. The van der Waals surface area contributed by atoms with Crippen LogP contribution in [0.4, 0.5) is 0 Å². The van der Waals surface area contributed by atoms with E-state index in [1.54, 1.807) is 0 Å². The van der Waals surface area contributed by atoms with E-state index in [0.29, 0.717) is 36.7 Å². The summed E-state index contributed by atoms with van der Waals surface area (Å²) in [6.45, 7) is 4.57. The summed E-state index contributed by atoms with van der Waals surface area (Å²) in [5.41, 5.74) is 6.45. The number of nitrogens with two attached hydrogens (primary N) is 1. The van der Waals surface area contributed by atoms with Crippen LogP contribution in [0.1, 0.15) is 38.7 Å². The van der Waals surface area contributed by atoms with Gasteiger partial charge in [0.05, 0.1) is 10.5 Å². The van der Waals surface area contributed by atoms with E-state index in [-0.39, 0.29) is 5.91 Å². The molecular formula is C19H28ClN3O2. The highest BCUT2D eigenvalue weighted by atomic mass is 35.5. The summed E-state index contributed by atoms with van der Waals surface area (Å²) in [7, 11) is 1.50. The van der Waals surface area contributed by atoms with Crippen molar-refractivity contribution >= 4 is 34.8 Å². The third-order valence-electron chi connectivity index (χ3n) is 3.96. The first-order chi connectivity index (χ1) is 12.2. The fourth-order valence-electron chi connectivity index (χ4n) is 2.55. The van der Waals surface area contributed by atoms with Crippen molar-refractivity contribution in [1.29, 1.82) is 0 Å². The zero-order valence-corrected chi connectivity index (χ0v) is 16.0. The number of hydrogen-bond acceptors (Lipinski definition) is 3. The van der Waals surface area contributed by atoms with Crippen molar-refractivity contribution in [2.24, 2.45) is 11.7 Å². The number of aryl methyl sites for hydroxylation is 1. The smallest absolute Gasteiger partial charge is 0.229 e. The molecule has 2 amide bonds. The van der Waals surface area contributed by atoms with Gasteiger partial charge in [0.2, 0.25) is 12.3 Å². The molecule has 0 bridgehead atoms. The summed E-state index contributed by atoms with van der Waals surface area (Å²) in [5, 5.41) is 1.71. The van der Waals surface area contributed by atoms with Gasteiger partial charge >= 0.3 is 0 Å². The van der Waals surface area contributed by atoms with Crippen LogP contribution in [0.2, 0.25) is 5.02 Å². The van der Waals surface area contributed by atoms with Crippen molar-refractivity contribution in [3.8, 4) is 0 Å². The molecule has 1 aliphatic rings. The van der Waals surface area contributed by atoms with E-state index in [0.717, 1.165) is 29.3 Å². The minimum atomic E-state index is -0.103. The van der Waals surface area contributed by atoms with Crippen LogP contribution in [0.15, 0.2) is 24.4 Å². The minimum Gasteiger partial charge on any atom is -0.360 e. The van der Waals surface area contributed by atoms with Gasteiger partial charge in [-0.05, 0) is 43.9 Å². The zero-order chi connectivity index (χ0) is 18.8. The van der Waals surface area contributed by atoms with Gasteiger partial charge in [0.1, 0.15) is 0 Å². The topological polar surface area (TPSA) is 79.2 Å². The maximum absolute atomic E-state index is 12.1. The van der Waals surface area contributed by atoms with Gasteiger partial charge in [-0.25, -0.2) is 0 Å². The highest BCUT2D eigenvalue weighted by Crippen LogP contribution is 2.30. The van der Waals surface area contributed by atoms with E-state index in [1.165, 1.54) is 11.9 Å². The molecule has 3 rings (SSSR count). The molecule has 6 heteroatoms. The summed E-state index contributed by atoms with van der Waals surface area (Å²) < 4.78 is 0. The lowest BCUT2D eigenvalue weighted by Crippen LogP contribution is -2.31. The van der Waals surface area contributed by atoms with E-state index in [1.807, 2.05) is 38.2 Å². The Labute approximate surface area is 154 Å². The van der Waals surface area contributed by atoms with Gasteiger partial charge in [0.25, 0.3) is 0 Å². The monoisotopic (exact) mass is 365 g/mol. The first-order valence-corrected chi connectivity index (χ1v) is 9.14. The predicted molar refractivity (Wildman–Crippen MR) is 104 cm³/mol. The average Bonchev–Trinajstić information content (AvgIpc) is 3.39. The second-order valence-electron chi connectivity index (χ2n) is 5.57. The summed E-state index contributed by atoms with van der Waals surface area (Å²) in [6.07, 6.45) is 5.74. The summed E-state index contributed by atoms with van der Waals surface area (Å²) in [5.74, 6) is 0.416. The summed E-state index contributed by atoms with van der Waals surface area (Å²) in [4.78, 5) is 27.6. The first-order valence-electron chi connectivity index (χ1n) is 8.76. The Balaban J connectivity index is 0.000000730. The molecule has 1 aliphatic carbocycles. The van der Waals surface area contributed by atoms with Gasteiger partial charge < -0.3 is 10.7 Å². The van der Waals surface area contributed by atoms with Gasteiger partial charge in [0, 0.05) is 24.5 Å². The van der Waals surface area contributed by atoms with E-state index < -0.39 is 0 Å². The number of amides is 2. The molecule has 2 aromatic rings. The number of nitrogens with zero attached hydrogens (tertiary/aromatic N) is 1. The lowest BCUT2D eigenvalue weighted by Gasteiger charge is -2.14. The molecule has 0 radical (unpaired) electrons. The van der Waals surface area contributed by atoms with Crippen molar-refractivity contribution in [3.63, 3.8) is 0 Å². The second kappa shape index (κ2) is 10.9. The van der Waals surface area contributed by atoms with Crippen LogP contribution in [-0.4, -0.2) is 35.8 Å². The normalized spacial score (nSPS) is 12.5. The van der Waals surface area contributed by atoms with Crippen LogP contribution in [0.25, 0.3) is 10.9 Å². The Morgan fingerprint density at radius 3 is 2.64 bits per heavy atom. The number of fused-ring (bicyclic) bond motifs is 1. The highest BCUT2D eigenvalue weighted by Gasteiger charge is 2.26. The Hall–Kier alpha value is -1.85. The van der Waals surface area contributed by atoms with Crippen molar-refractivity contribution in [2.45, 2.75) is 39.5 Å². The molecule has 0 unspecified atom stereocenters. The van der Waals surface area contributed by atoms with Crippen molar-refractivity contribution < 1.29 is 9.59 Å². The third-order valence-corrected chi connectivity index (χ3v) is 4.27. The fourth-order valence-corrected chi connectivity index (χ4v) is 2.78. The summed E-state index contributed by atoms with van der Waals surface area (Å²) in [6, 6.07) is 5.72. The van der Waals surface area contributed by atoms with Crippen LogP contribution in [0.5, 0.6) is 0 Å². The Morgan fingerprint density at radius 1 is 1.36 bits per heavy atom. The molecule has 138 valence electrons. The predicted octanol–water partition coefficient (Wildman–Crippen LogP) is 3.75. The molecule has 1 aromatic carbocycles. The van der Waals surface area contributed by atoms with Crippen LogP contribution >= 0.6 is 11.6 Å². The molecule has 0 aliphatic heterocycles. The van der Waals surface area contributed by atoms with Crippen LogP contribution < -0.4 is 5.73 Å². The number of H-pyrrole nitrogens is 1. The maximum Gasteiger partial charge on any atom is 0.229 e. The molecule has 0 saturated heterocycles. The average molecular weight is 366 g/mol. The zero-order valence-electron chi connectivity index (χ0n) is 15.2. The number of aromatic amines is 1. The lowest BCUT2D eigenvalue weighted by molar-refractivity contribution is -0.138. The molecule has 5 nitrogen and oxygen atoms in total. The first kappa shape index (κ1) is 21.2. The fraction of sp³-hybridized carbons (Fsp3) is 0.474. The lowest BCUT2D eigenvalue weighted by atomic mass is 10.1. The van der Waals surface area contributed by atoms with Gasteiger partial charge in [-0.1, -0.05) is 37.6 Å². The molecule has 0 spiro atoms. The minimum absolute atomic E-state index is 0.103. The van der Waals surface area contributed by atoms with E-state index in [4.69, 9.17) is 11.6 Å². The number of carbonyl (C=O) groups is 2. The highest BCUT2D eigenvalue weighted by molar-refractivity contribution is 6.35. The summed E-state index contributed by atoms with van der Waals surface area (Å²) >= 11 is 6.12. The quantitative estimate of drug-likeness (QED) is 0.765. The third kappa shape index (κ3) is 5.87. The molecule has 1 saturated carbocycles. The Kier molecular flexibility index (Phi) is 9.24. The van der Waals surface area contributed by atoms with Crippen molar-refractivity contribution in [3.05, 3.63) is 35.0 Å². The number of para-hydroxylation sites is 1. The molecule has 25 heavy (non-hydrogen) atoms. The van der Waals surface area contributed by atoms with Crippen LogP contribution in [0, 0.1) is 5.92 Å². The number of benzene rings is 1. The maximum atomic E-state index is 12.1. The van der Waals surface area contributed by atoms with Crippen molar-refractivity contribution in [2.75, 3.05) is 13.6 Å². The Bertz CT molecular complexity index is 680. The number of rotatable bonds is 6. The number of aromatic nitrogens is 1. The van der Waals surface area contributed by atoms with Crippen LogP contribution in [0.3, 0.4) is 0 Å². The Morgan fingerprint density at radius 2 is 2.04 bits per heavy atom. The number of nitrogens with one attached hydrogen (secondary N) is 1. The van der Waals surface area contributed by atoms with Gasteiger partial charge in [-0.15, -0.1) is 0 Å². The molecule has 1 heterocycles. The number of hydrogen-bond donors (Lipinski definition) is 2. The van der Waals surface area contributed by atoms with Gasteiger partial charge in [-0.2, -0.15) is 0 Å². The molecule has 1 fully saturated rings. The van der Waals surface area contributed by atoms with Gasteiger partial charge in [-0.3, -0.25) is 14.5 Å². The van der Waals surface area contributed by atoms with E-state index in [2.05, 4.69) is 10.7 Å². The molecule has 3 N–H and O–H groups in total. The van der Waals surface area contributed by atoms with E-state index in [9.17, 15) is 9.59 Å².